The molecule has 1 fully saturated rings. The highest BCUT2D eigenvalue weighted by molar-refractivity contribution is 5.37. The molecular weight excluding hydrogens is 222 g/mol. The molecule has 1 saturated carbocycles. The molecule has 1 aromatic rings. The molecule has 0 aromatic heterocycles. The van der Waals surface area contributed by atoms with E-state index >= 15 is 0 Å². The standard InChI is InChI=1S/C16H21NO/c1-2-17(12-15-8-9-15)13-16-6-3-5-14(11-16)7-4-10-18/h3,5-6,11,15,18H,2,8-10,12-13H2,1H3. The number of rotatable bonds is 5. The summed E-state index contributed by atoms with van der Waals surface area (Å²) in [6, 6.07) is 8.31. The van der Waals surface area contributed by atoms with Crippen LogP contribution in [0, 0.1) is 17.8 Å². The lowest BCUT2D eigenvalue weighted by molar-refractivity contribution is 0.268. The van der Waals surface area contributed by atoms with Gasteiger partial charge in [-0.2, -0.15) is 0 Å². The summed E-state index contributed by atoms with van der Waals surface area (Å²) >= 11 is 0. The van der Waals surface area contributed by atoms with Gasteiger partial charge in [0.2, 0.25) is 0 Å². The van der Waals surface area contributed by atoms with Gasteiger partial charge in [-0.15, -0.1) is 0 Å². The highest BCUT2D eigenvalue weighted by atomic mass is 16.2. The summed E-state index contributed by atoms with van der Waals surface area (Å²) in [7, 11) is 0. The smallest absolute Gasteiger partial charge is 0.104 e. The van der Waals surface area contributed by atoms with Crippen LogP contribution in [0.5, 0.6) is 0 Å². The highest BCUT2D eigenvalue weighted by Crippen LogP contribution is 2.30. The molecule has 0 aliphatic heterocycles. The average molecular weight is 243 g/mol. The van der Waals surface area contributed by atoms with Crippen LogP contribution in [0.1, 0.15) is 30.9 Å². The third-order valence-electron chi connectivity index (χ3n) is 3.31. The molecular formula is C16H21NO. The third kappa shape index (κ3) is 4.18. The van der Waals surface area contributed by atoms with Crippen LogP contribution in [0.3, 0.4) is 0 Å². The largest absolute Gasteiger partial charge is 0.384 e. The van der Waals surface area contributed by atoms with E-state index in [-0.39, 0.29) is 6.61 Å². The van der Waals surface area contributed by atoms with Gasteiger partial charge in [-0.1, -0.05) is 30.9 Å². The van der Waals surface area contributed by atoms with Crippen LogP contribution in [0.4, 0.5) is 0 Å². The second kappa shape index (κ2) is 6.58. The van der Waals surface area contributed by atoms with Crippen LogP contribution in [0.25, 0.3) is 0 Å². The van der Waals surface area contributed by atoms with E-state index in [1.54, 1.807) is 0 Å². The second-order valence-corrected chi connectivity index (χ2v) is 4.93. The van der Waals surface area contributed by atoms with Gasteiger partial charge in [-0.3, -0.25) is 4.90 Å². The molecule has 2 heteroatoms. The fourth-order valence-corrected chi connectivity index (χ4v) is 2.12. The molecule has 0 heterocycles. The predicted molar refractivity (Wildman–Crippen MR) is 74.1 cm³/mol. The van der Waals surface area contributed by atoms with Crippen molar-refractivity contribution in [2.45, 2.75) is 26.3 Å². The topological polar surface area (TPSA) is 23.5 Å². The second-order valence-electron chi connectivity index (χ2n) is 4.93. The van der Waals surface area contributed by atoms with Crippen molar-refractivity contribution in [3.05, 3.63) is 35.4 Å². The summed E-state index contributed by atoms with van der Waals surface area (Å²) < 4.78 is 0. The average Bonchev–Trinajstić information content (AvgIpc) is 3.20. The molecule has 1 aliphatic rings. The van der Waals surface area contributed by atoms with Gasteiger partial charge in [0.25, 0.3) is 0 Å². The van der Waals surface area contributed by atoms with E-state index in [0.717, 1.165) is 24.6 Å². The van der Waals surface area contributed by atoms with Gasteiger partial charge in [0, 0.05) is 18.7 Å². The normalized spacial score (nSPS) is 14.4. The van der Waals surface area contributed by atoms with Crippen LogP contribution in [-0.4, -0.2) is 29.7 Å². The molecule has 0 amide bonds. The van der Waals surface area contributed by atoms with Crippen LogP contribution in [0.2, 0.25) is 0 Å². The van der Waals surface area contributed by atoms with Crippen molar-refractivity contribution in [1.29, 1.82) is 0 Å². The van der Waals surface area contributed by atoms with E-state index in [1.807, 2.05) is 12.1 Å². The molecule has 0 radical (unpaired) electrons. The van der Waals surface area contributed by atoms with E-state index in [0.29, 0.717) is 0 Å². The molecule has 18 heavy (non-hydrogen) atoms. The summed E-state index contributed by atoms with van der Waals surface area (Å²) in [5.41, 5.74) is 2.30. The lowest BCUT2D eigenvalue weighted by Gasteiger charge is -2.20. The molecule has 2 nitrogen and oxygen atoms in total. The van der Waals surface area contributed by atoms with Crippen molar-refractivity contribution in [2.24, 2.45) is 5.92 Å². The van der Waals surface area contributed by atoms with Gasteiger partial charge in [0.05, 0.1) is 0 Å². The minimum atomic E-state index is -0.0764. The molecule has 0 saturated heterocycles. The highest BCUT2D eigenvalue weighted by Gasteiger charge is 2.23. The zero-order valence-electron chi connectivity index (χ0n) is 11.0. The predicted octanol–water partition coefficient (Wildman–Crippen LogP) is 2.26. The maximum absolute atomic E-state index is 8.70. The molecule has 96 valence electrons. The van der Waals surface area contributed by atoms with E-state index in [4.69, 9.17) is 5.11 Å². The zero-order valence-corrected chi connectivity index (χ0v) is 11.0. The molecule has 0 unspecified atom stereocenters. The first-order chi connectivity index (χ1) is 8.81. The summed E-state index contributed by atoms with van der Waals surface area (Å²) in [5.74, 6) is 6.59. The van der Waals surface area contributed by atoms with Gasteiger partial charge in [-0.05, 0) is 43.0 Å². The molecule has 0 bridgehead atoms. The molecule has 0 spiro atoms. The molecule has 1 aliphatic carbocycles. The maximum atomic E-state index is 8.70. The number of nitrogens with zero attached hydrogens (tertiary/aromatic N) is 1. The SMILES string of the molecule is CCN(Cc1cccc(C#CCO)c1)CC1CC1. The lowest BCUT2D eigenvalue weighted by Crippen LogP contribution is -2.25. The first-order valence-corrected chi connectivity index (χ1v) is 6.73. The lowest BCUT2D eigenvalue weighted by atomic mass is 10.1. The number of benzene rings is 1. The number of aliphatic hydroxyl groups is 1. The van der Waals surface area contributed by atoms with Crippen molar-refractivity contribution in [1.82, 2.24) is 4.90 Å². The van der Waals surface area contributed by atoms with E-state index in [2.05, 4.69) is 35.8 Å². The van der Waals surface area contributed by atoms with E-state index < -0.39 is 0 Å². The fraction of sp³-hybridized carbons (Fsp3) is 0.500. The van der Waals surface area contributed by atoms with E-state index in [9.17, 15) is 0 Å². The van der Waals surface area contributed by atoms with Gasteiger partial charge >= 0.3 is 0 Å². The Morgan fingerprint density at radius 3 is 2.89 bits per heavy atom. The fourth-order valence-electron chi connectivity index (χ4n) is 2.12. The van der Waals surface area contributed by atoms with Crippen LogP contribution < -0.4 is 0 Å². The Balaban J connectivity index is 1.98. The molecule has 0 atom stereocenters. The van der Waals surface area contributed by atoms with Crippen molar-refractivity contribution in [3.8, 4) is 11.8 Å². The van der Waals surface area contributed by atoms with Gasteiger partial charge in [0.1, 0.15) is 6.61 Å². The Morgan fingerprint density at radius 2 is 2.22 bits per heavy atom. The summed E-state index contributed by atoms with van der Waals surface area (Å²) in [6.45, 7) is 5.47. The third-order valence-corrected chi connectivity index (χ3v) is 3.31. The maximum Gasteiger partial charge on any atom is 0.104 e. The monoisotopic (exact) mass is 243 g/mol. The minimum absolute atomic E-state index is 0.0764. The molecule has 2 rings (SSSR count). The quantitative estimate of drug-likeness (QED) is 0.802. The first kappa shape index (κ1) is 13.1. The summed E-state index contributed by atoms with van der Waals surface area (Å²) in [4.78, 5) is 2.50. The van der Waals surface area contributed by atoms with Gasteiger partial charge < -0.3 is 5.11 Å². The Bertz CT molecular complexity index is 440. The van der Waals surface area contributed by atoms with E-state index in [1.165, 1.54) is 24.9 Å². The van der Waals surface area contributed by atoms with Crippen LogP contribution in [-0.2, 0) is 6.54 Å². The number of aliphatic hydroxyl groups excluding tert-OH is 1. The van der Waals surface area contributed by atoms with Crippen molar-refractivity contribution >= 4 is 0 Å². The Hall–Kier alpha value is -1.30. The van der Waals surface area contributed by atoms with Crippen molar-refractivity contribution < 1.29 is 5.11 Å². The first-order valence-electron chi connectivity index (χ1n) is 6.73. The van der Waals surface area contributed by atoms with Crippen molar-refractivity contribution in [2.75, 3.05) is 19.7 Å². The minimum Gasteiger partial charge on any atom is -0.384 e. The molecule has 1 N–H and O–H groups in total. The number of hydrogen-bond donors (Lipinski definition) is 1. The van der Waals surface area contributed by atoms with Crippen molar-refractivity contribution in [3.63, 3.8) is 0 Å². The summed E-state index contributed by atoms with van der Waals surface area (Å²) in [6.07, 6.45) is 2.80. The van der Waals surface area contributed by atoms with Gasteiger partial charge in [0.15, 0.2) is 0 Å². The Kier molecular flexibility index (Phi) is 4.81. The van der Waals surface area contributed by atoms with Crippen LogP contribution in [0.15, 0.2) is 24.3 Å². The van der Waals surface area contributed by atoms with Gasteiger partial charge in [-0.25, -0.2) is 0 Å². The Morgan fingerprint density at radius 1 is 1.39 bits per heavy atom. The zero-order chi connectivity index (χ0) is 12.8. The Labute approximate surface area is 110 Å². The number of hydrogen-bond acceptors (Lipinski definition) is 2. The van der Waals surface area contributed by atoms with Crippen LogP contribution >= 0.6 is 0 Å². The molecule has 1 aromatic carbocycles. The summed E-state index contributed by atoms with van der Waals surface area (Å²) in [5, 5.41) is 8.70.